The number of aliphatic hydroxyl groups excluding tert-OH is 1. The third-order valence-electron chi connectivity index (χ3n) is 1.55. The van der Waals surface area contributed by atoms with Crippen LogP contribution in [-0.2, 0) is 9.13 Å². The van der Waals surface area contributed by atoms with Gasteiger partial charge in [-0.1, -0.05) is 11.6 Å². The molecule has 0 aliphatic rings. The molecule has 8 nitrogen and oxygen atoms in total. The molecule has 0 amide bonds. The molecule has 0 aliphatic heterocycles. The predicted molar refractivity (Wildman–Crippen MR) is 57.0 cm³/mol. The summed E-state index contributed by atoms with van der Waals surface area (Å²) in [6.07, 6.45) is -0.768. The van der Waals surface area contributed by atoms with Crippen molar-refractivity contribution in [3.8, 4) is 0 Å². The second-order valence-electron chi connectivity index (χ2n) is 3.10. The van der Waals surface area contributed by atoms with Crippen LogP contribution in [0.3, 0.4) is 0 Å². The molecule has 1 atom stereocenters. The third kappa shape index (κ3) is 6.96. The molecule has 0 aromatic carbocycles. The number of halogens is 1. The van der Waals surface area contributed by atoms with E-state index in [0.29, 0.717) is 0 Å². The maximum absolute atomic E-state index is 10.8. The first-order valence-electron chi connectivity index (χ1n) is 4.16. The van der Waals surface area contributed by atoms with Crippen molar-refractivity contribution in [2.45, 2.75) is 11.7 Å². The van der Waals surface area contributed by atoms with E-state index < -0.39 is 26.7 Å². The van der Waals surface area contributed by atoms with Crippen molar-refractivity contribution in [2.75, 3.05) is 19.4 Å². The van der Waals surface area contributed by atoms with E-state index in [1.807, 2.05) is 0 Å². The van der Waals surface area contributed by atoms with Crippen LogP contribution in [0.25, 0.3) is 0 Å². The third-order valence-corrected chi connectivity index (χ3v) is 4.20. The Hall–Kier alpha value is 0.510. The standard InChI is InChI=1S/C5H14ClNO7P2/c6-5(16(12,13)14)7(2-1-3-8)4-15(9,10)11/h5,8H,1-4H2,(H2,9,10,11)(H2,12,13,14). The topological polar surface area (TPSA) is 139 Å². The molecule has 1 unspecified atom stereocenters. The minimum Gasteiger partial charge on any atom is -0.396 e. The maximum atomic E-state index is 10.8. The molecule has 0 bridgehead atoms. The zero-order chi connectivity index (χ0) is 13.0. The Balaban J connectivity index is 4.67. The molecule has 16 heavy (non-hydrogen) atoms. The summed E-state index contributed by atoms with van der Waals surface area (Å²) in [5, 5.41) is 6.73. The summed E-state index contributed by atoms with van der Waals surface area (Å²) in [7, 11) is -9.14. The van der Waals surface area contributed by atoms with Crippen molar-refractivity contribution in [3.63, 3.8) is 0 Å². The number of aliphatic hydroxyl groups is 1. The Kier molecular flexibility index (Phi) is 6.65. The van der Waals surface area contributed by atoms with Crippen molar-refractivity contribution >= 4 is 26.8 Å². The molecule has 0 heterocycles. The Morgan fingerprint density at radius 3 is 2.00 bits per heavy atom. The highest BCUT2D eigenvalue weighted by atomic mass is 35.5. The SMILES string of the molecule is O=P(O)(O)CN(CCCO)C(Cl)P(=O)(O)O. The molecule has 0 aliphatic carbocycles. The number of alkyl halides is 1. The molecule has 0 aromatic rings. The lowest BCUT2D eigenvalue weighted by molar-refractivity contribution is 0.224. The first kappa shape index (κ1) is 16.5. The van der Waals surface area contributed by atoms with Crippen molar-refractivity contribution in [1.29, 1.82) is 0 Å². The van der Waals surface area contributed by atoms with E-state index in [-0.39, 0.29) is 19.6 Å². The lowest BCUT2D eigenvalue weighted by Gasteiger charge is -2.27. The summed E-state index contributed by atoms with van der Waals surface area (Å²) in [5.41, 5.74) is 0. The molecule has 0 saturated carbocycles. The van der Waals surface area contributed by atoms with Gasteiger partial charge in [-0.15, -0.1) is 0 Å². The molecule has 0 aromatic heterocycles. The predicted octanol–water partition coefficient (Wildman–Crippen LogP) is -0.494. The van der Waals surface area contributed by atoms with Crippen LogP contribution in [0, 0.1) is 0 Å². The number of nitrogens with zero attached hydrogens (tertiary/aromatic N) is 1. The van der Waals surface area contributed by atoms with Gasteiger partial charge in [0.15, 0.2) is 5.24 Å². The minimum atomic E-state index is -4.67. The quantitative estimate of drug-likeness (QED) is 0.241. The van der Waals surface area contributed by atoms with Crippen molar-refractivity contribution < 1.29 is 33.8 Å². The molecule has 0 fully saturated rings. The summed E-state index contributed by atoms with van der Waals surface area (Å²) in [6.45, 7) is -0.399. The largest absolute Gasteiger partial charge is 0.396 e. The van der Waals surface area contributed by atoms with Crippen molar-refractivity contribution in [2.24, 2.45) is 0 Å². The van der Waals surface area contributed by atoms with E-state index in [4.69, 9.17) is 36.3 Å². The van der Waals surface area contributed by atoms with Gasteiger partial charge in [0.05, 0.1) is 0 Å². The lowest BCUT2D eigenvalue weighted by atomic mass is 10.4. The first-order valence-corrected chi connectivity index (χ1v) is 8.08. The van der Waals surface area contributed by atoms with Crippen LogP contribution in [0.4, 0.5) is 0 Å². The van der Waals surface area contributed by atoms with Gasteiger partial charge in [-0.2, -0.15) is 0 Å². The number of rotatable bonds is 7. The highest BCUT2D eigenvalue weighted by Gasteiger charge is 2.35. The van der Waals surface area contributed by atoms with Gasteiger partial charge in [0, 0.05) is 13.2 Å². The van der Waals surface area contributed by atoms with Crippen LogP contribution in [0.15, 0.2) is 0 Å². The van der Waals surface area contributed by atoms with Crippen LogP contribution in [-0.4, -0.2) is 54.3 Å². The fourth-order valence-corrected chi connectivity index (χ4v) is 2.76. The smallest absolute Gasteiger partial charge is 0.357 e. The molecule has 98 valence electrons. The highest BCUT2D eigenvalue weighted by Crippen LogP contribution is 2.48. The molecule has 0 spiro atoms. The lowest BCUT2D eigenvalue weighted by Crippen LogP contribution is -2.33. The molecule has 0 radical (unpaired) electrons. The second kappa shape index (κ2) is 6.44. The van der Waals surface area contributed by atoms with Gasteiger partial charge in [-0.05, 0) is 6.42 Å². The molecular formula is C5H14ClNO7P2. The Morgan fingerprint density at radius 2 is 1.69 bits per heavy atom. The van der Waals surface area contributed by atoms with E-state index >= 15 is 0 Å². The molecular weight excluding hydrogens is 283 g/mol. The van der Waals surface area contributed by atoms with E-state index in [0.717, 1.165) is 4.90 Å². The summed E-state index contributed by atoms with van der Waals surface area (Å²) in [4.78, 5) is 35.7. The van der Waals surface area contributed by atoms with Crippen LogP contribution in [0.5, 0.6) is 0 Å². The average Bonchev–Trinajstić information content (AvgIpc) is 2.07. The van der Waals surface area contributed by atoms with Gasteiger partial charge in [-0.3, -0.25) is 14.0 Å². The second-order valence-corrected chi connectivity index (χ2v) is 7.09. The zero-order valence-electron chi connectivity index (χ0n) is 8.18. The van der Waals surface area contributed by atoms with Crippen LogP contribution in [0.1, 0.15) is 6.42 Å². The number of hydrogen-bond donors (Lipinski definition) is 5. The van der Waals surface area contributed by atoms with E-state index in [1.54, 1.807) is 0 Å². The summed E-state index contributed by atoms with van der Waals surface area (Å²) in [6, 6.07) is 0. The Labute approximate surface area is 97.2 Å². The molecule has 11 heteroatoms. The van der Waals surface area contributed by atoms with Gasteiger partial charge in [0.25, 0.3) is 0 Å². The summed E-state index contributed by atoms with van der Waals surface area (Å²) >= 11 is 5.40. The summed E-state index contributed by atoms with van der Waals surface area (Å²) < 4.78 is 21.5. The van der Waals surface area contributed by atoms with Crippen molar-refractivity contribution in [1.82, 2.24) is 4.90 Å². The van der Waals surface area contributed by atoms with Gasteiger partial charge in [0.1, 0.15) is 6.29 Å². The average molecular weight is 298 g/mol. The zero-order valence-corrected chi connectivity index (χ0v) is 10.7. The normalized spacial score (nSPS) is 15.4. The Bertz CT molecular complexity index is 301. The molecule has 5 N–H and O–H groups in total. The Morgan fingerprint density at radius 1 is 1.19 bits per heavy atom. The molecule has 0 saturated heterocycles. The fourth-order valence-electron chi connectivity index (χ4n) is 0.968. The van der Waals surface area contributed by atoms with Crippen LogP contribution in [0.2, 0.25) is 0 Å². The fraction of sp³-hybridized carbons (Fsp3) is 1.00. The van der Waals surface area contributed by atoms with Crippen LogP contribution >= 0.6 is 26.8 Å². The van der Waals surface area contributed by atoms with Crippen LogP contribution < -0.4 is 0 Å². The van der Waals surface area contributed by atoms with Crippen molar-refractivity contribution in [3.05, 3.63) is 0 Å². The molecule has 0 rings (SSSR count). The van der Waals surface area contributed by atoms with Gasteiger partial charge in [-0.25, -0.2) is 0 Å². The summed E-state index contributed by atoms with van der Waals surface area (Å²) in [5.74, 6) is 0. The minimum absolute atomic E-state index is 0.100. The number of hydrogen-bond acceptors (Lipinski definition) is 4. The van der Waals surface area contributed by atoms with Gasteiger partial charge >= 0.3 is 15.2 Å². The van der Waals surface area contributed by atoms with E-state index in [1.165, 1.54) is 0 Å². The first-order chi connectivity index (χ1) is 7.08. The van der Waals surface area contributed by atoms with Gasteiger partial charge < -0.3 is 24.7 Å². The van der Waals surface area contributed by atoms with Gasteiger partial charge in [0.2, 0.25) is 0 Å². The maximum Gasteiger partial charge on any atom is 0.357 e. The highest BCUT2D eigenvalue weighted by molar-refractivity contribution is 7.54. The van der Waals surface area contributed by atoms with E-state index in [2.05, 4.69) is 0 Å². The van der Waals surface area contributed by atoms with E-state index in [9.17, 15) is 9.13 Å². The monoisotopic (exact) mass is 297 g/mol.